The third-order valence-corrected chi connectivity index (χ3v) is 3.27. The van der Waals surface area contributed by atoms with Gasteiger partial charge >= 0.3 is 5.97 Å². The van der Waals surface area contributed by atoms with E-state index in [0.29, 0.717) is 18.0 Å². The van der Waals surface area contributed by atoms with E-state index in [4.69, 9.17) is 15.6 Å². The quantitative estimate of drug-likeness (QED) is 0.769. The third-order valence-electron chi connectivity index (χ3n) is 3.27. The number of nitrogen functional groups attached to an aromatic ring is 1. The molecule has 1 fully saturated rings. The highest BCUT2D eigenvalue weighted by atomic mass is 16.5. The first-order valence-corrected chi connectivity index (χ1v) is 5.92. The van der Waals surface area contributed by atoms with E-state index in [1.165, 1.54) is 31.4 Å². The van der Waals surface area contributed by atoms with Crippen molar-refractivity contribution in [3.8, 4) is 5.75 Å². The number of hydrogen-bond donors (Lipinski definition) is 2. The maximum absolute atomic E-state index is 10.7. The molecule has 4 nitrogen and oxygen atoms in total. The largest absolute Gasteiger partial charge is 0.491 e. The first kappa shape index (κ1) is 11.8. The molecule has 0 amide bonds. The molecule has 1 aliphatic rings. The van der Waals surface area contributed by atoms with Crippen LogP contribution in [0.5, 0.6) is 5.75 Å². The van der Waals surface area contributed by atoms with Crippen LogP contribution in [0.25, 0.3) is 0 Å². The Morgan fingerprint density at radius 2 is 2.24 bits per heavy atom. The zero-order valence-electron chi connectivity index (χ0n) is 9.69. The van der Waals surface area contributed by atoms with E-state index in [2.05, 4.69) is 0 Å². The first-order chi connectivity index (χ1) is 8.16. The molecule has 0 atom stereocenters. The average Bonchev–Trinajstić information content (AvgIpc) is 2.23. The molecule has 4 heteroatoms. The Hall–Kier alpha value is -1.71. The van der Waals surface area contributed by atoms with E-state index in [-0.39, 0.29) is 5.56 Å². The molecule has 2 rings (SSSR count). The van der Waals surface area contributed by atoms with Gasteiger partial charge in [-0.2, -0.15) is 0 Å². The average molecular weight is 235 g/mol. The summed E-state index contributed by atoms with van der Waals surface area (Å²) in [6.07, 6.45) is 4.99. The van der Waals surface area contributed by atoms with Gasteiger partial charge in [0.15, 0.2) is 0 Å². The van der Waals surface area contributed by atoms with Gasteiger partial charge in [-0.1, -0.05) is 19.3 Å². The predicted molar refractivity (Wildman–Crippen MR) is 65.3 cm³/mol. The van der Waals surface area contributed by atoms with Gasteiger partial charge in [-0.25, -0.2) is 4.79 Å². The van der Waals surface area contributed by atoms with Crippen LogP contribution < -0.4 is 10.5 Å². The van der Waals surface area contributed by atoms with Gasteiger partial charge < -0.3 is 15.6 Å². The van der Waals surface area contributed by atoms with Gasteiger partial charge in [-0.15, -0.1) is 0 Å². The Morgan fingerprint density at radius 3 is 2.76 bits per heavy atom. The van der Waals surface area contributed by atoms with Crippen molar-refractivity contribution < 1.29 is 14.6 Å². The lowest BCUT2D eigenvalue weighted by atomic mass is 9.83. The van der Waals surface area contributed by atoms with Crippen molar-refractivity contribution in [2.75, 3.05) is 12.3 Å². The summed E-state index contributed by atoms with van der Waals surface area (Å²) in [6, 6.07) is 4.57. The summed E-state index contributed by atoms with van der Waals surface area (Å²) in [5.74, 6) is 0.404. The fourth-order valence-corrected chi connectivity index (χ4v) is 1.93. The number of carboxylic acids is 1. The molecule has 3 N–H and O–H groups in total. The smallest absolute Gasteiger partial charge is 0.335 e. The fraction of sp³-hybridized carbons (Fsp3) is 0.462. The van der Waals surface area contributed by atoms with Gasteiger partial charge in [0.05, 0.1) is 17.9 Å². The number of rotatable bonds is 5. The summed E-state index contributed by atoms with van der Waals surface area (Å²) in [5.41, 5.74) is 6.31. The number of carboxylic acid groups (broad SMARTS) is 1. The number of anilines is 1. The number of hydrogen-bond acceptors (Lipinski definition) is 3. The summed E-state index contributed by atoms with van der Waals surface area (Å²) in [7, 11) is 0. The van der Waals surface area contributed by atoms with E-state index in [1.54, 1.807) is 6.07 Å². The third kappa shape index (κ3) is 2.90. The Bertz CT molecular complexity index is 413. The molecule has 1 aliphatic carbocycles. The maximum Gasteiger partial charge on any atom is 0.335 e. The number of benzene rings is 1. The second-order valence-electron chi connectivity index (χ2n) is 4.49. The van der Waals surface area contributed by atoms with Crippen LogP contribution >= 0.6 is 0 Å². The SMILES string of the molecule is Nc1cc(C(=O)O)ccc1OCCC1CCC1. The molecule has 92 valence electrons. The molecule has 0 radical (unpaired) electrons. The number of aromatic carboxylic acids is 1. The lowest BCUT2D eigenvalue weighted by Gasteiger charge is -2.25. The monoisotopic (exact) mass is 235 g/mol. The number of nitrogens with two attached hydrogens (primary N) is 1. The van der Waals surface area contributed by atoms with Crippen molar-refractivity contribution in [2.24, 2.45) is 5.92 Å². The van der Waals surface area contributed by atoms with Crippen molar-refractivity contribution in [1.29, 1.82) is 0 Å². The maximum atomic E-state index is 10.7. The van der Waals surface area contributed by atoms with Gasteiger partial charge in [0.1, 0.15) is 5.75 Å². The summed E-state index contributed by atoms with van der Waals surface area (Å²) < 4.78 is 5.56. The second kappa shape index (κ2) is 5.08. The summed E-state index contributed by atoms with van der Waals surface area (Å²) in [4.78, 5) is 10.7. The first-order valence-electron chi connectivity index (χ1n) is 5.92. The standard InChI is InChI=1S/C13H17NO3/c14-11-8-10(13(15)16)4-5-12(11)17-7-6-9-2-1-3-9/h4-5,8-9H,1-3,6-7,14H2,(H,15,16). The molecule has 0 aromatic heterocycles. The van der Waals surface area contributed by atoms with E-state index in [1.807, 2.05) is 0 Å². The lowest BCUT2D eigenvalue weighted by Crippen LogP contribution is -2.14. The second-order valence-corrected chi connectivity index (χ2v) is 4.49. The minimum Gasteiger partial charge on any atom is -0.491 e. The summed E-state index contributed by atoms with van der Waals surface area (Å²) >= 11 is 0. The van der Waals surface area contributed by atoms with Gasteiger partial charge in [-0.3, -0.25) is 0 Å². The van der Waals surface area contributed by atoms with E-state index in [9.17, 15) is 4.79 Å². The molecule has 1 saturated carbocycles. The van der Waals surface area contributed by atoms with E-state index >= 15 is 0 Å². The van der Waals surface area contributed by atoms with Crippen molar-refractivity contribution in [2.45, 2.75) is 25.7 Å². The van der Waals surface area contributed by atoms with Crippen molar-refractivity contribution in [1.82, 2.24) is 0 Å². The van der Waals surface area contributed by atoms with Crippen LogP contribution in [0, 0.1) is 5.92 Å². The predicted octanol–water partition coefficient (Wildman–Crippen LogP) is 2.54. The van der Waals surface area contributed by atoms with Crippen LogP contribution in [-0.2, 0) is 0 Å². The molecule has 0 aliphatic heterocycles. The number of ether oxygens (including phenoxy) is 1. The summed E-state index contributed by atoms with van der Waals surface area (Å²) in [5, 5.41) is 8.79. The molecule has 0 bridgehead atoms. The molecule has 1 aromatic rings. The van der Waals surface area contributed by atoms with Crippen molar-refractivity contribution in [3.63, 3.8) is 0 Å². The van der Waals surface area contributed by atoms with Crippen LogP contribution in [0.15, 0.2) is 18.2 Å². The lowest BCUT2D eigenvalue weighted by molar-refractivity contribution is 0.0697. The molecule has 0 heterocycles. The molecule has 1 aromatic carbocycles. The molecule has 0 unspecified atom stereocenters. The topological polar surface area (TPSA) is 72.6 Å². The van der Waals surface area contributed by atoms with Gasteiger partial charge in [-0.05, 0) is 30.5 Å². The summed E-state index contributed by atoms with van der Waals surface area (Å²) in [6.45, 7) is 0.654. The van der Waals surface area contributed by atoms with Gasteiger partial charge in [0, 0.05) is 0 Å². The Kier molecular flexibility index (Phi) is 3.52. The molecular weight excluding hydrogens is 218 g/mol. The van der Waals surface area contributed by atoms with Gasteiger partial charge in [0.25, 0.3) is 0 Å². The van der Waals surface area contributed by atoms with Crippen LogP contribution in [0.1, 0.15) is 36.0 Å². The Morgan fingerprint density at radius 1 is 1.47 bits per heavy atom. The normalized spacial score (nSPS) is 15.3. The van der Waals surface area contributed by atoms with Crippen LogP contribution in [0.2, 0.25) is 0 Å². The highest BCUT2D eigenvalue weighted by molar-refractivity contribution is 5.89. The molecule has 0 spiro atoms. The van der Waals surface area contributed by atoms with E-state index in [0.717, 1.165) is 12.3 Å². The highest BCUT2D eigenvalue weighted by Crippen LogP contribution is 2.30. The van der Waals surface area contributed by atoms with Crippen molar-refractivity contribution in [3.05, 3.63) is 23.8 Å². The fourth-order valence-electron chi connectivity index (χ4n) is 1.93. The highest BCUT2D eigenvalue weighted by Gasteiger charge is 2.17. The minimum absolute atomic E-state index is 0.189. The molecular formula is C13H17NO3. The van der Waals surface area contributed by atoms with E-state index < -0.39 is 5.97 Å². The van der Waals surface area contributed by atoms with Crippen LogP contribution in [0.3, 0.4) is 0 Å². The Labute approximate surface area is 100 Å². The zero-order valence-corrected chi connectivity index (χ0v) is 9.69. The zero-order chi connectivity index (χ0) is 12.3. The molecule has 17 heavy (non-hydrogen) atoms. The van der Waals surface area contributed by atoms with Crippen molar-refractivity contribution >= 4 is 11.7 Å². The Balaban J connectivity index is 1.89. The van der Waals surface area contributed by atoms with Crippen LogP contribution in [0.4, 0.5) is 5.69 Å². The van der Waals surface area contributed by atoms with Gasteiger partial charge in [0.2, 0.25) is 0 Å². The number of carbonyl (C=O) groups is 1. The minimum atomic E-state index is -0.974. The van der Waals surface area contributed by atoms with Crippen LogP contribution in [-0.4, -0.2) is 17.7 Å². The molecule has 0 saturated heterocycles.